The third kappa shape index (κ3) is 3.36. The molecule has 0 heterocycles. The third-order valence-electron chi connectivity index (χ3n) is 4.89. The van der Waals surface area contributed by atoms with Crippen LogP contribution in [0.3, 0.4) is 0 Å². The lowest BCUT2D eigenvalue weighted by molar-refractivity contribution is 0.221. The minimum Gasteiger partial charge on any atom is -0.396 e. The molecule has 0 radical (unpaired) electrons. The minimum atomic E-state index is 0.296. The summed E-state index contributed by atoms with van der Waals surface area (Å²) in [7, 11) is 0. The van der Waals surface area contributed by atoms with Gasteiger partial charge in [0, 0.05) is 19.2 Å². The van der Waals surface area contributed by atoms with Crippen LogP contribution in [0.2, 0.25) is 0 Å². The quantitative estimate of drug-likeness (QED) is 0.682. The Morgan fingerprint density at radius 3 is 2.67 bits per heavy atom. The molecule has 0 aliphatic heterocycles. The smallest absolute Gasteiger partial charge is 0.0431 e. The summed E-state index contributed by atoms with van der Waals surface area (Å²) in [5.74, 6) is 2.54. The van der Waals surface area contributed by atoms with Crippen LogP contribution in [0.1, 0.15) is 46.5 Å². The molecular weight excluding hydrogens is 222 g/mol. The first-order valence-corrected chi connectivity index (χ1v) is 7.54. The number of nitrogens with one attached hydrogen (secondary N) is 1. The van der Waals surface area contributed by atoms with Gasteiger partial charge in [-0.3, -0.25) is 0 Å². The average molecular weight is 251 g/mol. The zero-order valence-electron chi connectivity index (χ0n) is 12.2. The van der Waals surface area contributed by atoms with Gasteiger partial charge in [-0.05, 0) is 55.8 Å². The fourth-order valence-corrected chi connectivity index (χ4v) is 3.63. The van der Waals surface area contributed by atoms with E-state index in [9.17, 15) is 0 Å². The highest BCUT2D eigenvalue weighted by molar-refractivity contribution is 5.11. The van der Waals surface area contributed by atoms with Gasteiger partial charge in [0.05, 0.1) is 0 Å². The van der Waals surface area contributed by atoms with Crippen molar-refractivity contribution in [2.45, 2.75) is 52.5 Å². The van der Waals surface area contributed by atoms with Crippen LogP contribution >= 0.6 is 0 Å². The molecule has 0 aromatic rings. The Morgan fingerprint density at radius 1 is 1.33 bits per heavy atom. The monoisotopic (exact) mass is 251 g/mol. The zero-order chi connectivity index (χ0) is 13.2. The summed E-state index contributed by atoms with van der Waals surface area (Å²) in [6.45, 7) is 8.31. The lowest BCUT2D eigenvalue weighted by atomic mass is 9.85. The molecule has 0 saturated heterocycles. The van der Waals surface area contributed by atoms with Crippen molar-refractivity contribution >= 4 is 0 Å². The molecule has 1 saturated carbocycles. The lowest BCUT2D eigenvalue weighted by Gasteiger charge is -2.31. The second-order valence-corrected chi connectivity index (χ2v) is 7.11. The van der Waals surface area contributed by atoms with Gasteiger partial charge in [-0.25, -0.2) is 0 Å². The number of hydrogen-bond donors (Lipinski definition) is 2. The van der Waals surface area contributed by atoms with Crippen molar-refractivity contribution < 1.29 is 5.11 Å². The summed E-state index contributed by atoms with van der Waals surface area (Å²) < 4.78 is 0. The van der Waals surface area contributed by atoms with Crippen molar-refractivity contribution in [1.82, 2.24) is 5.32 Å². The lowest BCUT2D eigenvalue weighted by Crippen LogP contribution is -2.41. The van der Waals surface area contributed by atoms with Gasteiger partial charge >= 0.3 is 0 Å². The molecule has 2 aliphatic carbocycles. The molecule has 2 aliphatic rings. The molecule has 104 valence electrons. The van der Waals surface area contributed by atoms with Gasteiger partial charge in [0.1, 0.15) is 0 Å². The highest BCUT2D eigenvalue weighted by Gasteiger charge is 2.38. The van der Waals surface area contributed by atoms with Gasteiger partial charge in [-0.2, -0.15) is 0 Å². The molecule has 2 heteroatoms. The van der Waals surface area contributed by atoms with Crippen LogP contribution in [0.15, 0.2) is 12.2 Å². The van der Waals surface area contributed by atoms with Crippen LogP contribution in [0.4, 0.5) is 0 Å². The first kappa shape index (κ1) is 14.1. The van der Waals surface area contributed by atoms with E-state index in [4.69, 9.17) is 5.11 Å². The summed E-state index contributed by atoms with van der Waals surface area (Å²) in [5.41, 5.74) is 0.296. The van der Waals surface area contributed by atoms with Gasteiger partial charge in [-0.15, -0.1) is 0 Å². The molecule has 2 nitrogen and oxygen atoms in total. The van der Waals surface area contributed by atoms with Crippen molar-refractivity contribution in [2.75, 3.05) is 13.2 Å². The Balaban J connectivity index is 1.74. The Kier molecular flexibility index (Phi) is 4.50. The number of aliphatic hydroxyl groups excluding tert-OH is 1. The maximum Gasteiger partial charge on any atom is 0.0431 e. The Hall–Kier alpha value is -0.340. The molecule has 0 spiro atoms. The molecule has 2 bridgehead atoms. The van der Waals surface area contributed by atoms with E-state index in [1.807, 2.05) is 0 Å². The molecule has 0 aromatic carbocycles. The van der Waals surface area contributed by atoms with E-state index in [1.165, 1.54) is 12.8 Å². The van der Waals surface area contributed by atoms with Crippen LogP contribution in [0.5, 0.6) is 0 Å². The normalized spacial score (nSPS) is 32.1. The Bertz CT molecular complexity index is 297. The van der Waals surface area contributed by atoms with Crippen molar-refractivity contribution in [1.29, 1.82) is 0 Å². The van der Waals surface area contributed by atoms with E-state index < -0.39 is 0 Å². The van der Waals surface area contributed by atoms with Crippen molar-refractivity contribution in [3.8, 4) is 0 Å². The van der Waals surface area contributed by atoms with Crippen molar-refractivity contribution in [3.05, 3.63) is 12.2 Å². The van der Waals surface area contributed by atoms with Crippen LogP contribution < -0.4 is 5.32 Å². The maximum atomic E-state index is 8.92. The van der Waals surface area contributed by atoms with Gasteiger partial charge in [0.25, 0.3) is 0 Å². The first-order valence-electron chi connectivity index (χ1n) is 7.54. The molecule has 1 fully saturated rings. The number of fused-ring (bicyclic) bond motifs is 2. The van der Waals surface area contributed by atoms with E-state index in [-0.39, 0.29) is 0 Å². The van der Waals surface area contributed by atoms with Crippen LogP contribution in [-0.4, -0.2) is 24.3 Å². The predicted molar refractivity (Wildman–Crippen MR) is 76.4 cm³/mol. The Labute approximate surface area is 112 Å². The molecule has 0 aromatic heterocycles. The van der Waals surface area contributed by atoms with Crippen LogP contribution in [0, 0.1) is 23.2 Å². The van der Waals surface area contributed by atoms with E-state index in [1.54, 1.807) is 0 Å². The van der Waals surface area contributed by atoms with E-state index >= 15 is 0 Å². The van der Waals surface area contributed by atoms with Crippen LogP contribution in [0.25, 0.3) is 0 Å². The highest BCUT2D eigenvalue weighted by atomic mass is 16.2. The molecular formula is C16H29NO. The molecule has 4 unspecified atom stereocenters. The third-order valence-corrected chi connectivity index (χ3v) is 4.89. The van der Waals surface area contributed by atoms with Crippen molar-refractivity contribution in [3.63, 3.8) is 0 Å². The number of rotatable bonds is 7. The van der Waals surface area contributed by atoms with Crippen molar-refractivity contribution in [2.24, 2.45) is 23.2 Å². The van der Waals surface area contributed by atoms with Gasteiger partial charge in [0.15, 0.2) is 0 Å². The fourth-order valence-electron chi connectivity index (χ4n) is 3.63. The Morgan fingerprint density at radius 2 is 2.11 bits per heavy atom. The summed E-state index contributed by atoms with van der Waals surface area (Å²) in [6, 6.07) is 0.623. The fraction of sp³-hybridized carbons (Fsp3) is 0.875. The zero-order valence-corrected chi connectivity index (χ0v) is 12.2. The highest BCUT2D eigenvalue weighted by Crippen LogP contribution is 2.44. The van der Waals surface area contributed by atoms with Gasteiger partial charge in [0.2, 0.25) is 0 Å². The summed E-state index contributed by atoms with van der Waals surface area (Å²) >= 11 is 0. The van der Waals surface area contributed by atoms with E-state index in [2.05, 4.69) is 38.2 Å². The summed E-state index contributed by atoms with van der Waals surface area (Å²) in [4.78, 5) is 0. The standard InChI is InChI=1S/C16H29NO/c1-12(15-10-13-5-6-14(15)9-13)17-11-16(2,3)7-4-8-18/h5-6,12-15,17-18H,4,7-11H2,1-3H3. The maximum absolute atomic E-state index is 8.92. The summed E-state index contributed by atoms with van der Waals surface area (Å²) in [5, 5.41) is 12.7. The summed E-state index contributed by atoms with van der Waals surface area (Å²) in [6.07, 6.45) is 9.64. The average Bonchev–Trinajstić information content (AvgIpc) is 2.96. The second-order valence-electron chi connectivity index (χ2n) is 7.11. The minimum absolute atomic E-state index is 0.296. The van der Waals surface area contributed by atoms with E-state index in [0.29, 0.717) is 18.1 Å². The number of hydrogen-bond acceptors (Lipinski definition) is 2. The molecule has 4 atom stereocenters. The SMILES string of the molecule is CC(NCC(C)(C)CCCO)C1CC2C=CC1C2. The molecule has 0 amide bonds. The van der Waals surface area contributed by atoms with Gasteiger partial charge < -0.3 is 10.4 Å². The van der Waals surface area contributed by atoms with E-state index in [0.717, 1.165) is 37.1 Å². The molecule has 2 rings (SSSR count). The second kappa shape index (κ2) is 5.75. The van der Waals surface area contributed by atoms with Gasteiger partial charge in [-0.1, -0.05) is 26.0 Å². The molecule has 2 N–H and O–H groups in total. The predicted octanol–water partition coefficient (Wildman–Crippen LogP) is 2.98. The number of allylic oxidation sites excluding steroid dienone is 2. The first-order chi connectivity index (χ1) is 8.52. The topological polar surface area (TPSA) is 32.3 Å². The van der Waals surface area contributed by atoms with Crippen LogP contribution in [-0.2, 0) is 0 Å². The number of aliphatic hydroxyl groups is 1. The molecule has 18 heavy (non-hydrogen) atoms. The largest absolute Gasteiger partial charge is 0.396 e.